The van der Waals surface area contributed by atoms with Gasteiger partial charge in [0.05, 0.1) is 24.5 Å². The number of nitrogens with zero attached hydrogens (tertiary/aromatic N) is 2. The predicted octanol–water partition coefficient (Wildman–Crippen LogP) is 2.70. The molecule has 0 unspecified atom stereocenters. The van der Waals surface area contributed by atoms with E-state index >= 15 is 0 Å². The summed E-state index contributed by atoms with van der Waals surface area (Å²) in [5.74, 6) is 0.772. The van der Waals surface area contributed by atoms with Crippen LogP contribution in [-0.2, 0) is 0 Å². The fourth-order valence-corrected chi connectivity index (χ4v) is 2.37. The maximum Gasteiger partial charge on any atom is 0.156 e. The second kappa shape index (κ2) is 3.61. The Hall–Kier alpha value is -1.88. The highest BCUT2D eigenvalue weighted by molar-refractivity contribution is 7.13. The number of thiazole rings is 1. The number of fused-ring (bicyclic) bond motifs is 1. The van der Waals surface area contributed by atoms with Crippen molar-refractivity contribution in [1.82, 2.24) is 15.0 Å². The zero-order valence-electron chi connectivity index (χ0n) is 8.60. The molecular formula is C11H9N3OS. The van der Waals surface area contributed by atoms with Gasteiger partial charge in [0.1, 0.15) is 10.5 Å². The Bertz CT molecular complexity index is 615. The average Bonchev–Trinajstić information content (AvgIpc) is 2.97. The van der Waals surface area contributed by atoms with Gasteiger partial charge < -0.3 is 9.72 Å². The van der Waals surface area contributed by atoms with Crippen molar-refractivity contribution in [2.45, 2.75) is 0 Å². The standard InChI is InChI=1S/C11H9N3OS/c1-15-10-7(11-12-4-5-16-11)2-3-8-9(10)14-6-13-8/h2-6H,1H3,(H,13,14). The third kappa shape index (κ3) is 1.29. The van der Waals surface area contributed by atoms with Crippen molar-refractivity contribution in [3.05, 3.63) is 30.0 Å². The zero-order chi connectivity index (χ0) is 11.0. The first kappa shape index (κ1) is 9.35. The minimum Gasteiger partial charge on any atom is -0.494 e. The van der Waals surface area contributed by atoms with E-state index in [4.69, 9.17) is 4.74 Å². The minimum absolute atomic E-state index is 0.772. The summed E-state index contributed by atoms with van der Waals surface area (Å²) < 4.78 is 5.42. The molecule has 0 fully saturated rings. The van der Waals surface area contributed by atoms with Gasteiger partial charge in [-0.25, -0.2) is 9.97 Å². The molecule has 3 aromatic rings. The van der Waals surface area contributed by atoms with E-state index in [0.29, 0.717) is 0 Å². The van der Waals surface area contributed by atoms with Crippen molar-refractivity contribution < 1.29 is 4.74 Å². The van der Waals surface area contributed by atoms with E-state index in [-0.39, 0.29) is 0 Å². The number of hydrogen-bond acceptors (Lipinski definition) is 4. The van der Waals surface area contributed by atoms with E-state index in [1.807, 2.05) is 17.5 Å². The van der Waals surface area contributed by atoms with Crippen LogP contribution in [0.4, 0.5) is 0 Å². The molecule has 0 aliphatic heterocycles. The van der Waals surface area contributed by atoms with Crippen LogP contribution in [0.5, 0.6) is 5.75 Å². The molecule has 80 valence electrons. The first-order valence-corrected chi connectivity index (χ1v) is 5.68. The maximum atomic E-state index is 5.42. The van der Waals surface area contributed by atoms with Crippen LogP contribution in [0.3, 0.4) is 0 Å². The van der Waals surface area contributed by atoms with Crippen LogP contribution in [0.25, 0.3) is 21.6 Å². The Morgan fingerprint density at radius 2 is 2.25 bits per heavy atom. The molecule has 0 saturated carbocycles. The first-order valence-electron chi connectivity index (χ1n) is 4.80. The molecule has 0 aliphatic carbocycles. The van der Waals surface area contributed by atoms with Crippen LogP contribution < -0.4 is 4.74 Å². The molecule has 0 aliphatic rings. The number of benzene rings is 1. The lowest BCUT2D eigenvalue weighted by molar-refractivity contribution is 0.420. The fraction of sp³-hybridized carbons (Fsp3) is 0.0909. The molecule has 0 saturated heterocycles. The lowest BCUT2D eigenvalue weighted by atomic mass is 10.2. The number of imidazole rings is 1. The van der Waals surface area contributed by atoms with E-state index in [2.05, 4.69) is 15.0 Å². The highest BCUT2D eigenvalue weighted by Crippen LogP contribution is 2.35. The van der Waals surface area contributed by atoms with Crippen molar-refractivity contribution in [3.8, 4) is 16.3 Å². The molecule has 1 aromatic carbocycles. The van der Waals surface area contributed by atoms with Crippen LogP contribution in [0.2, 0.25) is 0 Å². The van der Waals surface area contributed by atoms with Crippen LogP contribution in [0.1, 0.15) is 0 Å². The van der Waals surface area contributed by atoms with Crippen LogP contribution >= 0.6 is 11.3 Å². The zero-order valence-corrected chi connectivity index (χ0v) is 9.41. The quantitative estimate of drug-likeness (QED) is 0.737. The largest absolute Gasteiger partial charge is 0.494 e. The molecule has 0 radical (unpaired) electrons. The fourth-order valence-electron chi connectivity index (χ4n) is 1.71. The van der Waals surface area contributed by atoms with Gasteiger partial charge in [-0.05, 0) is 12.1 Å². The second-order valence-corrected chi connectivity index (χ2v) is 4.18. The number of hydrogen-bond donors (Lipinski definition) is 1. The number of methoxy groups -OCH3 is 1. The van der Waals surface area contributed by atoms with Crippen molar-refractivity contribution in [1.29, 1.82) is 0 Å². The third-order valence-corrected chi connectivity index (χ3v) is 3.22. The summed E-state index contributed by atoms with van der Waals surface area (Å²) in [5, 5.41) is 2.89. The Morgan fingerprint density at radius 1 is 1.31 bits per heavy atom. The smallest absolute Gasteiger partial charge is 0.156 e. The highest BCUT2D eigenvalue weighted by Gasteiger charge is 2.13. The summed E-state index contributed by atoms with van der Waals surface area (Å²) in [6.45, 7) is 0. The molecule has 1 N–H and O–H groups in total. The number of aromatic amines is 1. The van der Waals surface area contributed by atoms with Gasteiger partial charge in [0, 0.05) is 11.6 Å². The number of nitrogens with one attached hydrogen (secondary N) is 1. The van der Waals surface area contributed by atoms with Crippen LogP contribution in [0, 0.1) is 0 Å². The van der Waals surface area contributed by atoms with Gasteiger partial charge in [0.25, 0.3) is 0 Å². The van der Waals surface area contributed by atoms with Crippen molar-refractivity contribution >= 4 is 22.4 Å². The molecule has 16 heavy (non-hydrogen) atoms. The van der Waals surface area contributed by atoms with E-state index in [9.17, 15) is 0 Å². The monoisotopic (exact) mass is 231 g/mol. The first-order chi connectivity index (χ1) is 7.90. The van der Waals surface area contributed by atoms with Crippen LogP contribution in [-0.4, -0.2) is 22.1 Å². The normalized spacial score (nSPS) is 10.8. The number of H-pyrrole nitrogens is 1. The summed E-state index contributed by atoms with van der Waals surface area (Å²) in [6.07, 6.45) is 3.45. The predicted molar refractivity (Wildman–Crippen MR) is 63.8 cm³/mol. The minimum atomic E-state index is 0.772. The van der Waals surface area contributed by atoms with E-state index < -0.39 is 0 Å². The van der Waals surface area contributed by atoms with Crippen LogP contribution in [0.15, 0.2) is 30.0 Å². The second-order valence-electron chi connectivity index (χ2n) is 3.28. The summed E-state index contributed by atoms with van der Waals surface area (Å²) >= 11 is 1.59. The molecule has 2 aromatic heterocycles. The molecule has 0 amide bonds. The summed E-state index contributed by atoms with van der Waals surface area (Å²) in [5.41, 5.74) is 2.80. The molecule has 0 bridgehead atoms. The molecule has 2 heterocycles. The van der Waals surface area contributed by atoms with Gasteiger partial charge in [-0.15, -0.1) is 11.3 Å². The van der Waals surface area contributed by atoms with Gasteiger partial charge in [-0.3, -0.25) is 0 Å². The van der Waals surface area contributed by atoms with Crippen molar-refractivity contribution in [3.63, 3.8) is 0 Å². The van der Waals surface area contributed by atoms with E-state index in [1.54, 1.807) is 31.0 Å². The van der Waals surface area contributed by atoms with Gasteiger partial charge in [-0.2, -0.15) is 0 Å². The molecule has 4 nitrogen and oxygen atoms in total. The SMILES string of the molecule is COc1c(-c2nccs2)ccc2[nH]cnc12. The van der Waals surface area contributed by atoms with Gasteiger partial charge in [0.2, 0.25) is 0 Å². The third-order valence-electron chi connectivity index (χ3n) is 2.41. The summed E-state index contributed by atoms with van der Waals surface area (Å²) in [6, 6.07) is 3.99. The van der Waals surface area contributed by atoms with E-state index in [0.717, 1.165) is 27.4 Å². The topological polar surface area (TPSA) is 50.8 Å². The lowest BCUT2D eigenvalue weighted by Gasteiger charge is -2.06. The van der Waals surface area contributed by atoms with Gasteiger partial charge in [0.15, 0.2) is 5.75 Å². The average molecular weight is 231 g/mol. The Labute approximate surface area is 95.9 Å². The Balaban J connectivity index is 2.32. The lowest BCUT2D eigenvalue weighted by Crippen LogP contribution is -1.89. The summed E-state index contributed by atoms with van der Waals surface area (Å²) in [4.78, 5) is 11.6. The van der Waals surface area contributed by atoms with Crippen molar-refractivity contribution in [2.75, 3.05) is 7.11 Å². The highest BCUT2D eigenvalue weighted by atomic mass is 32.1. The molecule has 3 rings (SSSR count). The van der Waals surface area contributed by atoms with Gasteiger partial charge >= 0.3 is 0 Å². The number of aromatic nitrogens is 3. The Kier molecular flexibility index (Phi) is 2.11. The molecule has 0 spiro atoms. The van der Waals surface area contributed by atoms with E-state index in [1.165, 1.54) is 0 Å². The van der Waals surface area contributed by atoms with Gasteiger partial charge in [-0.1, -0.05) is 0 Å². The molecule has 5 heteroatoms. The number of rotatable bonds is 2. The molecular weight excluding hydrogens is 222 g/mol. The maximum absolute atomic E-state index is 5.42. The summed E-state index contributed by atoms with van der Waals surface area (Å²) in [7, 11) is 1.65. The molecule has 0 atom stereocenters. The van der Waals surface area contributed by atoms with Crippen molar-refractivity contribution in [2.24, 2.45) is 0 Å². The Morgan fingerprint density at radius 3 is 3.00 bits per heavy atom. The number of ether oxygens (including phenoxy) is 1.